The lowest BCUT2D eigenvalue weighted by atomic mass is 10.1. The third-order valence-corrected chi connectivity index (χ3v) is 2.64. The Morgan fingerprint density at radius 1 is 1.45 bits per heavy atom. The Kier molecular flexibility index (Phi) is 5.33. The molecular weight excluding hydrogens is 258 g/mol. The van der Waals surface area contributed by atoms with Crippen molar-refractivity contribution in [1.82, 2.24) is 9.88 Å². The number of ether oxygens (including phenoxy) is 2. The summed E-state index contributed by atoms with van der Waals surface area (Å²) in [6.45, 7) is 5.81. The molecule has 1 aromatic heterocycles. The van der Waals surface area contributed by atoms with E-state index in [2.05, 4.69) is 4.98 Å². The highest BCUT2D eigenvalue weighted by Gasteiger charge is 2.26. The summed E-state index contributed by atoms with van der Waals surface area (Å²) in [6.07, 6.45) is 2.81. The molecule has 0 aromatic carbocycles. The van der Waals surface area contributed by atoms with Crippen LogP contribution in [-0.2, 0) is 9.47 Å². The summed E-state index contributed by atoms with van der Waals surface area (Å²) < 4.78 is 10.5. The van der Waals surface area contributed by atoms with Gasteiger partial charge in [-0.3, -0.25) is 4.98 Å². The summed E-state index contributed by atoms with van der Waals surface area (Å²) in [5, 5.41) is 0. The van der Waals surface area contributed by atoms with Gasteiger partial charge in [-0.25, -0.2) is 4.79 Å². The molecule has 0 bridgehead atoms. The second kappa shape index (κ2) is 6.56. The molecule has 20 heavy (non-hydrogen) atoms. The van der Waals surface area contributed by atoms with Crippen LogP contribution in [-0.4, -0.2) is 42.3 Å². The van der Waals surface area contributed by atoms with Crippen molar-refractivity contribution in [2.75, 3.05) is 26.5 Å². The SMILES string of the molecule is COC[C@H](c1cncc(N)c1)N(C)C(=O)OC(C)(C)C. The minimum Gasteiger partial charge on any atom is -0.444 e. The number of aromatic nitrogens is 1. The van der Waals surface area contributed by atoms with Gasteiger partial charge in [0.15, 0.2) is 0 Å². The maximum atomic E-state index is 12.1. The molecule has 0 saturated carbocycles. The molecule has 2 N–H and O–H groups in total. The molecule has 1 heterocycles. The number of nitrogens with zero attached hydrogens (tertiary/aromatic N) is 2. The second-order valence-corrected chi connectivity index (χ2v) is 5.61. The van der Waals surface area contributed by atoms with Gasteiger partial charge in [0.25, 0.3) is 0 Å². The van der Waals surface area contributed by atoms with Gasteiger partial charge in [0.1, 0.15) is 5.60 Å². The van der Waals surface area contributed by atoms with E-state index in [1.807, 2.05) is 20.8 Å². The molecule has 1 atom stereocenters. The highest BCUT2D eigenvalue weighted by molar-refractivity contribution is 5.68. The topological polar surface area (TPSA) is 77.7 Å². The summed E-state index contributed by atoms with van der Waals surface area (Å²) in [5.41, 5.74) is 6.54. The third kappa shape index (κ3) is 4.70. The van der Waals surface area contributed by atoms with Gasteiger partial charge in [-0.15, -0.1) is 0 Å². The van der Waals surface area contributed by atoms with Gasteiger partial charge < -0.3 is 20.1 Å². The normalized spacial score (nSPS) is 12.8. The minimum atomic E-state index is -0.545. The van der Waals surface area contributed by atoms with Crippen molar-refractivity contribution in [2.45, 2.75) is 32.4 Å². The number of pyridine rings is 1. The highest BCUT2D eigenvalue weighted by atomic mass is 16.6. The first-order valence-electron chi connectivity index (χ1n) is 6.40. The van der Waals surface area contributed by atoms with Crippen molar-refractivity contribution in [3.8, 4) is 0 Å². The zero-order valence-electron chi connectivity index (χ0n) is 12.7. The summed E-state index contributed by atoms with van der Waals surface area (Å²) in [7, 11) is 3.25. The molecule has 0 saturated heterocycles. The largest absolute Gasteiger partial charge is 0.444 e. The Bertz CT molecular complexity index is 457. The summed E-state index contributed by atoms with van der Waals surface area (Å²) >= 11 is 0. The molecule has 6 nitrogen and oxygen atoms in total. The van der Waals surface area contributed by atoms with Gasteiger partial charge in [0.05, 0.1) is 18.3 Å². The number of amides is 1. The number of likely N-dealkylation sites (N-methyl/N-ethyl adjacent to an activating group) is 1. The Labute approximate surface area is 119 Å². The van der Waals surface area contributed by atoms with Gasteiger partial charge in [0, 0.05) is 26.6 Å². The number of carbonyl (C=O) groups excluding carboxylic acids is 1. The molecule has 0 aliphatic carbocycles. The fourth-order valence-corrected chi connectivity index (χ4v) is 1.71. The number of rotatable bonds is 4. The van der Waals surface area contributed by atoms with E-state index in [0.717, 1.165) is 5.56 Å². The van der Waals surface area contributed by atoms with Crippen LogP contribution < -0.4 is 5.73 Å². The molecule has 1 aromatic rings. The number of anilines is 1. The average molecular weight is 281 g/mol. The van der Waals surface area contributed by atoms with Gasteiger partial charge in [-0.1, -0.05) is 0 Å². The van der Waals surface area contributed by atoms with Crippen LogP contribution in [0, 0.1) is 0 Å². The van der Waals surface area contributed by atoms with Crippen LogP contribution in [0.4, 0.5) is 10.5 Å². The first kappa shape index (κ1) is 16.2. The standard InChI is InChI=1S/C14H23N3O3/c1-14(2,3)20-13(18)17(4)12(9-19-5)10-6-11(15)8-16-7-10/h6-8,12H,9,15H2,1-5H3/t12-/m1/s1. The quantitative estimate of drug-likeness (QED) is 0.915. The molecule has 112 valence electrons. The number of hydrogen-bond acceptors (Lipinski definition) is 5. The number of nitrogen functional groups attached to an aromatic ring is 1. The van der Waals surface area contributed by atoms with E-state index >= 15 is 0 Å². The Hall–Kier alpha value is -1.82. The Balaban J connectivity index is 2.93. The molecule has 1 rings (SSSR count). The van der Waals surface area contributed by atoms with E-state index in [4.69, 9.17) is 15.2 Å². The lowest BCUT2D eigenvalue weighted by Gasteiger charge is -2.30. The van der Waals surface area contributed by atoms with E-state index in [1.165, 1.54) is 4.90 Å². The lowest BCUT2D eigenvalue weighted by molar-refractivity contribution is 0.0126. The average Bonchev–Trinajstić information content (AvgIpc) is 2.33. The number of carbonyl (C=O) groups is 1. The molecule has 0 radical (unpaired) electrons. The van der Waals surface area contributed by atoms with Gasteiger partial charge >= 0.3 is 6.09 Å². The number of hydrogen-bond donors (Lipinski definition) is 1. The van der Waals surface area contributed by atoms with Crippen LogP contribution >= 0.6 is 0 Å². The van der Waals surface area contributed by atoms with Crippen LogP contribution in [0.25, 0.3) is 0 Å². The third-order valence-electron chi connectivity index (χ3n) is 2.64. The summed E-state index contributed by atoms with van der Waals surface area (Å²) in [5.74, 6) is 0. The van der Waals surface area contributed by atoms with E-state index in [0.29, 0.717) is 12.3 Å². The van der Waals surface area contributed by atoms with Crippen LogP contribution in [0.1, 0.15) is 32.4 Å². The second-order valence-electron chi connectivity index (χ2n) is 5.61. The van der Waals surface area contributed by atoms with E-state index < -0.39 is 11.7 Å². The Morgan fingerprint density at radius 3 is 2.60 bits per heavy atom. The number of nitrogens with two attached hydrogens (primary N) is 1. The molecule has 0 unspecified atom stereocenters. The molecule has 0 fully saturated rings. The van der Waals surface area contributed by atoms with Crippen molar-refractivity contribution in [2.24, 2.45) is 0 Å². The Morgan fingerprint density at radius 2 is 2.10 bits per heavy atom. The maximum absolute atomic E-state index is 12.1. The van der Waals surface area contributed by atoms with Gasteiger partial charge in [0.2, 0.25) is 0 Å². The summed E-state index contributed by atoms with van der Waals surface area (Å²) in [6, 6.07) is 1.48. The van der Waals surface area contributed by atoms with E-state index in [1.54, 1.807) is 32.6 Å². The van der Waals surface area contributed by atoms with Crippen LogP contribution in [0.3, 0.4) is 0 Å². The van der Waals surface area contributed by atoms with Crippen molar-refractivity contribution in [3.63, 3.8) is 0 Å². The van der Waals surface area contributed by atoms with Crippen LogP contribution in [0.2, 0.25) is 0 Å². The van der Waals surface area contributed by atoms with Gasteiger partial charge in [-0.2, -0.15) is 0 Å². The van der Waals surface area contributed by atoms with Crippen LogP contribution in [0.15, 0.2) is 18.5 Å². The van der Waals surface area contributed by atoms with Crippen LogP contribution in [0.5, 0.6) is 0 Å². The van der Waals surface area contributed by atoms with Crippen molar-refractivity contribution in [3.05, 3.63) is 24.0 Å². The molecule has 0 aliphatic rings. The van der Waals surface area contributed by atoms with Crippen molar-refractivity contribution >= 4 is 11.8 Å². The number of methoxy groups -OCH3 is 1. The minimum absolute atomic E-state index is 0.300. The molecule has 0 aliphatic heterocycles. The molecule has 6 heteroatoms. The first-order valence-corrected chi connectivity index (χ1v) is 6.40. The molecule has 1 amide bonds. The van der Waals surface area contributed by atoms with Crippen molar-refractivity contribution < 1.29 is 14.3 Å². The van der Waals surface area contributed by atoms with Crippen molar-refractivity contribution in [1.29, 1.82) is 0 Å². The van der Waals surface area contributed by atoms with Gasteiger partial charge in [-0.05, 0) is 32.4 Å². The molecule has 0 spiro atoms. The lowest BCUT2D eigenvalue weighted by Crippen LogP contribution is -2.38. The first-order chi connectivity index (χ1) is 9.24. The monoisotopic (exact) mass is 281 g/mol. The molecular formula is C14H23N3O3. The summed E-state index contributed by atoms with van der Waals surface area (Å²) in [4.78, 5) is 17.7. The predicted octanol–water partition coefficient (Wildman–Crippen LogP) is 2.22. The zero-order chi connectivity index (χ0) is 15.3. The fourth-order valence-electron chi connectivity index (χ4n) is 1.71. The zero-order valence-corrected chi connectivity index (χ0v) is 12.7. The fraction of sp³-hybridized carbons (Fsp3) is 0.571. The smallest absolute Gasteiger partial charge is 0.410 e. The highest BCUT2D eigenvalue weighted by Crippen LogP contribution is 2.22. The maximum Gasteiger partial charge on any atom is 0.410 e. The van der Waals surface area contributed by atoms with E-state index in [-0.39, 0.29) is 6.04 Å². The van der Waals surface area contributed by atoms with E-state index in [9.17, 15) is 4.79 Å². The predicted molar refractivity (Wildman–Crippen MR) is 77.3 cm³/mol.